The van der Waals surface area contributed by atoms with Gasteiger partial charge >= 0.3 is 0 Å². The second-order valence-electron chi connectivity index (χ2n) is 3.33. The molecule has 0 bridgehead atoms. The Labute approximate surface area is 107 Å². The molecule has 0 aromatic carbocycles. The molecule has 3 nitrogen and oxygen atoms in total. The zero-order valence-corrected chi connectivity index (χ0v) is 11.0. The zero-order chi connectivity index (χ0) is 11.5. The fourth-order valence-corrected chi connectivity index (χ4v) is 1.73. The molecular formula is C11H9BrClN3. The molecule has 0 atom stereocenters. The molecule has 0 spiro atoms. The number of nitrogens with zero attached hydrogens (tertiary/aromatic N) is 3. The van der Waals surface area contributed by atoms with E-state index in [4.69, 9.17) is 11.6 Å². The van der Waals surface area contributed by atoms with Crippen LogP contribution >= 0.6 is 27.5 Å². The van der Waals surface area contributed by atoms with Crippen molar-refractivity contribution in [1.29, 1.82) is 0 Å². The van der Waals surface area contributed by atoms with E-state index in [1.807, 2.05) is 25.1 Å². The Hall–Kier alpha value is -1.00. The van der Waals surface area contributed by atoms with Crippen LogP contribution in [0.2, 0.25) is 5.15 Å². The minimum atomic E-state index is 0.443. The first-order chi connectivity index (χ1) is 7.66. The van der Waals surface area contributed by atoms with E-state index in [1.54, 1.807) is 6.20 Å². The summed E-state index contributed by atoms with van der Waals surface area (Å²) in [6, 6.07) is 5.76. The third-order valence-electron chi connectivity index (χ3n) is 2.09. The fraction of sp³-hybridized carbons (Fsp3) is 0.182. The molecule has 0 radical (unpaired) electrons. The standard InChI is InChI=1S/C11H9BrClN3/c1-7-10(12)11(13)16-9(15-7)6-8-4-2-3-5-14-8/h2-5H,6H2,1H3. The van der Waals surface area contributed by atoms with Gasteiger partial charge in [-0.2, -0.15) is 0 Å². The molecule has 0 aliphatic heterocycles. The molecule has 5 heteroatoms. The maximum absolute atomic E-state index is 5.97. The smallest absolute Gasteiger partial charge is 0.147 e. The van der Waals surface area contributed by atoms with Gasteiger partial charge in [0.25, 0.3) is 0 Å². The molecule has 0 saturated heterocycles. The lowest BCUT2D eigenvalue weighted by molar-refractivity contribution is 0.910. The number of halogens is 2. The van der Waals surface area contributed by atoms with Crippen LogP contribution in [0.1, 0.15) is 17.2 Å². The molecule has 0 N–H and O–H groups in total. The maximum atomic E-state index is 5.97. The van der Waals surface area contributed by atoms with Crippen LogP contribution < -0.4 is 0 Å². The predicted octanol–water partition coefficient (Wildman–Crippen LogP) is 3.19. The van der Waals surface area contributed by atoms with Crippen LogP contribution in [0.25, 0.3) is 0 Å². The van der Waals surface area contributed by atoms with Gasteiger partial charge in [-0.05, 0) is 35.0 Å². The first-order valence-electron chi connectivity index (χ1n) is 4.75. The number of rotatable bonds is 2. The van der Waals surface area contributed by atoms with Gasteiger partial charge < -0.3 is 0 Å². The largest absolute Gasteiger partial charge is 0.261 e. The highest BCUT2D eigenvalue weighted by atomic mass is 79.9. The Morgan fingerprint density at radius 2 is 2.12 bits per heavy atom. The summed E-state index contributed by atoms with van der Waals surface area (Å²) in [7, 11) is 0. The summed E-state index contributed by atoms with van der Waals surface area (Å²) in [4.78, 5) is 12.8. The van der Waals surface area contributed by atoms with Crippen LogP contribution in [-0.2, 0) is 6.42 Å². The van der Waals surface area contributed by atoms with Gasteiger partial charge in [0.1, 0.15) is 11.0 Å². The van der Waals surface area contributed by atoms with E-state index in [0.717, 1.165) is 15.9 Å². The van der Waals surface area contributed by atoms with Crippen molar-refractivity contribution in [2.45, 2.75) is 13.3 Å². The van der Waals surface area contributed by atoms with Crippen molar-refractivity contribution in [3.8, 4) is 0 Å². The van der Waals surface area contributed by atoms with Gasteiger partial charge in [-0.15, -0.1) is 0 Å². The van der Waals surface area contributed by atoms with Crippen molar-refractivity contribution in [3.63, 3.8) is 0 Å². The van der Waals surface area contributed by atoms with Gasteiger partial charge in [0.05, 0.1) is 16.6 Å². The van der Waals surface area contributed by atoms with Crippen molar-refractivity contribution in [2.75, 3.05) is 0 Å². The fourth-order valence-electron chi connectivity index (χ4n) is 1.32. The Kier molecular flexibility index (Phi) is 3.51. The third-order valence-corrected chi connectivity index (χ3v) is 3.54. The number of pyridine rings is 1. The first-order valence-corrected chi connectivity index (χ1v) is 5.92. The summed E-state index contributed by atoms with van der Waals surface area (Å²) >= 11 is 9.29. The molecule has 2 aromatic rings. The lowest BCUT2D eigenvalue weighted by Gasteiger charge is -2.04. The normalized spacial score (nSPS) is 10.4. The monoisotopic (exact) mass is 297 g/mol. The van der Waals surface area contributed by atoms with Crippen LogP contribution in [0.5, 0.6) is 0 Å². The molecule has 0 aliphatic rings. The Balaban J connectivity index is 2.29. The highest BCUT2D eigenvalue weighted by Gasteiger charge is 2.08. The zero-order valence-electron chi connectivity index (χ0n) is 8.61. The molecule has 2 heterocycles. The number of hydrogen-bond donors (Lipinski definition) is 0. The molecule has 0 unspecified atom stereocenters. The number of aromatic nitrogens is 3. The van der Waals surface area contributed by atoms with Crippen molar-refractivity contribution >= 4 is 27.5 Å². The summed E-state index contributed by atoms with van der Waals surface area (Å²) in [6.45, 7) is 1.89. The van der Waals surface area contributed by atoms with E-state index in [-0.39, 0.29) is 0 Å². The molecule has 0 fully saturated rings. The highest BCUT2D eigenvalue weighted by molar-refractivity contribution is 9.10. The average molecular weight is 299 g/mol. The number of hydrogen-bond acceptors (Lipinski definition) is 3. The molecule has 0 amide bonds. The summed E-state index contributed by atoms with van der Waals surface area (Å²) in [5.41, 5.74) is 1.77. The van der Waals surface area contributed by atoms with Crippen LogP contribution in [-0.4, -0.2) is 15.0 Å². The van der Waals surface area contributed by atoms with Crippen molar-refractivity contribution in [2.24, 2.45) is 0 Å². The van der Waals surface area contributed by atoms with Gasteiger partial charge in [-0.25, -0.2) is 9.97 Å². The molecule has 0 saturated carbocycles. The van der Waals surface area contributed by atoms with Crippen LogP contribution in [0.15, 0.2) is 28.9 Å². The van der Waals surface area contributed by atoms with Gasteiger partial charge in [0.2, 0.25) is 0 Å². The van der Waals surface area contributed by atoms with Crippen molar-refractivity contribution < 1.29 is 0 Å². The summed E-state index contributed by atoms with van der Waals surface area (Å²) in [5, 5.41) is 0.443. The summed E-state index contributed by atoms with van der Waals surface area (Å²) < 4.78 is 0.749. The van der Waals surface area contributed by atoms with Gasteiger partial charge in [0, 0.05) is 11.9 Å². The van der Waals surface area contributed by atoms with Gasteiger partial charge in [-0.1, -0.05) is 17.7 Å². The second kappa shape index (κ2) is 4.89. The average Bonchev–Trinajstić information content (AvgIpc) is 2.27. The van der Waals surface area contributed by atoms with E-state index in [2.05, 4.69) is 30.9 Å². The van der Waals surface area contributed by atoms with E-state index in [1.165, 1.54) is 0 Å². The van der Waals surface area contributed by atoms with Gasteiger partial charge in [-0.3, -0.25) is 4.98 Å². The van der Waals surface area contributed by atoms with E-state index < -0.39 is 0 Å². The Bertz CT molecular complexity index is 479. The lowest BCUT2D eigenvalue weighted by atomic mass is 10.2. The molecule has 2 aromatic heterocycles. The topological polar surface area (TPSA) is 38.7 Å². The number of aryl methyl sites for hydroxylation is 1. The SMILES string of the molecule is Cc1nc(Cc2ccccn2)nc(Cl)c1Br. The quantitative estimate of drug-likeness (QED) is 0.799. The Morgan fingerprint density at radius 1 is 1.31 bits per heavy atom. The van der Waals surface area contributed by atoms with E-state index >= 15 is 0 Å². The molecule has 82 valence electrons. The van der Waals surface area contributed by atoms with E-state index in [9.17, 15) is 0 Å². The minimum absolute atomic E-state index is 0.443. The van der Waals surface area contributed by atoms with E-state index in [0.29, 0.717) is 17.4 Å². The maximum Gasteiger partial charge on any atom is 0.147 e. The van der Waals surface area contributed by atoms with Gasteiger partial charge in [0.15, 0.2) is 0 Å². The summed E-state index contributed by atoms with van der Waals surface area (Å²) in [5.74, 6) is 0.685. The molecule has 2 rings (SSSR count). The molecule has 16 heavy (non-hydrogen) atoms. The van der Waals surface area contributed by atoms with Crippen LogP contribution in [0, 0.1) is 6.92 Å². The van der Waals surface area contributed by atoms with Crippen LogP contribution in [0.4, 0.5) is 0 Å². The Morgan fingerprint density at radius 3 is 2.75 bits per heavy atom. The lowest BCUT2D eigenvalue weighted by Crippen LogP contribution is -2.01. The third kappa shape index (κ3) is 2.57. The summed E-state index contributed by atoms with van der Waals surface area (Å²) in [6.07, 6.45) is 2.34. The molecular weight excluding hydrogens is 289 g/mol. The van der Waals surface area contributed by atoms with Crippen molar-refractivity contribution in [3.05, 3.63) is 51.2 Å². The highest BCUT2D eigenvalue weighted by Crippen LogP contribution is 2.23. The van der Waals surface area contributed by atoms with Crippen LogP contribution in [0.3, 0.4) is 0 Å². The minimum Gasteiger partial charge on any atom is -0.261 e. The predicted molar refractivity (Wildman–Crippen MR) is 66.5 cm³/mol. The first kappa shape index (κ1) is 11.5. The molecule has 0 aliphatic carbocycles. The van der Waals surface area contributed by atoms with Crippen molar-refractivity contribution in [1.82, 2.24) is 15.0 Å². The second-order valence-corrected chi connectivity index (χ2v) is 4.48.